The number of furan rings is 1. The van der Waals surface area contributed by atoms with Crippen molar-refractivity contribution < 1.29 is 19.1 Å². The van der Waals surface area contributed by atoms with Gasteiger partial charge < -0.3 is 14.8 Å². The molecule has 6 heteroatoms. The molecule has 16 heavy (non-hydrogen) atoms. The van der Waals surface area contributed by atoms with Gasteiger partial charge in [0.2, 0.25) is 5.22 Å². The van der Waals surface area contributed by atoms with Crippen molar-refractivity contribution in [2.24, 2.45) is 5.92 Å². The number of carbonyl (C=O) groups excluding carboxylic acids is 1. The molecule has 0 radical (unpaired) electrons. The molecular formula is C10H12ClNO4. The average Bonchev–Trinajstić information content (AvgIpc) is 2.64. The summed E-state index contributed by atoms with van der Waals surface area (Å²) < 4.78 is 4.76. The number of carboxylic acids is 1. The largest absolute Gasteiger partial charge is 0.481 e. The Morgan fingerprint density at radius 3 is 2.81 bits per heavy atom. The van der Waals surface area contributed by atoms with Crippen molar-refractivity contribution in [3.8, 4) is 0 Å². The van der Waals surface area contributed by atoms with Crippen LogP contribution in [0.25, 0.3) is 0 Å². The van der Waals surface area contributed by atoms with Gasteiger partial charge in [0, 0.05) is 6.54 Å². The van der Waals surface area contributed by atoms with Crippen LogP contribution in [0.3, 0.4) is 0 Å². The van der Waals surface area contributed by atoms with Crippen LogP contribution in [-0.4, -0.2) is 23.5 Å². The Balaban J connectivity index is 2.37. The van der Waals surface area contributed by atoms with E-state index in [9.17, 15) is 9.59 Å². The standard InChI is InChI=1S/C10H12ClNO4/c1-6(10(14)15)2-4-12-9(13)7-3-5-16-8(7)11/h3,5-6H,2,4H2,1H3,(H,12,13)(H,14,15). The van der Waals surface area contributed by atoms with E-state index in [1.54, 1.807) is 6.92 Å². The quantitative estimate of drug-likeness (QED) is 0.829. The van der Waals surface area contributed by atoms with Gasteiger partial charge in [-0.2, -0.15) is 0 Å². The second kappa shape index (κ2) is 5.55. The Kier molecular flexibility index (Phi) is 4.37. The minimum Gasteiger partial charge on any atom is -0.481 e. The Hall–Kier alpha value is -1.49. The maximum Gasteiger partial charge on any atom is 0.306 e. The number of aliphatic carboxylic acids is 1. The highest BCUT2D eigenvalue weighted by molar-refractivity contribution is 6.32. The fraction of sp³-hybridized carbons (Fsp3) is 0.400. The van der Waals surface area contributed by atoms with E-state index in [2.05, 4.69) is 5.32 Å². The van der Waals surface area contributed by atoms with Crippen LogP contribution in [0, 0.1) is 5.92 Å². The number of amides is 1. The van der Waals surface area contributed by atoms with Gasteiger partial charge in [-0.25, -0.2) is 0 Å². The number of hydrogen-bond acceptors (Lipinski definition) is 3. The number of halogens is 1. The van der Waals surface area contributed by atoms with Crippen LogP contribution in [0.4, 0.5) is 0 Å². The summed E-state index contributed by atoms with van der Waals surface area (Å²) in [6.07, 6.45) is 1.69. The monoisotopic (exact) mass is 245 g/mol. The van der Waals surface area contributed by atoms with Crippen LogP contribution in [-0.2, 0) is 4.79 Å². The SMILES string of the molecule is CC(CCNC(=O)c1ccoc1Cl)C(=O)O. The van der Waals surface area contributed by atoms with Gasteiger partial charge in [-0.3, -0.25) is 9.59 Å². The molecule has 0 saturated carbocycles. The summed E-state index contributed by atoms with van der Waals surface area (Å²) >= 11 is 5.60. The van der Waals surface area contributed by atoms with Crippen LogP contribution in [0.5, 0.6) is 0 Å². The van der Waals surface area contributed by atoms with E-state index < -0.39 is 11.9 Å². The van der Waals surface area contributed by atoms with E-state index in [1.165, 1.54) is 12.3 Å². The van der Waals surface area contributed by atoms with Gasteiger partial charge in [0.25, 0.3) is 5.91 Å². The lowest BCUT2D eigenvalue weighted by Crippen LogP contribution is -2.26. The third-order valence-corrected chi connectivity index (χ3v) is 2.44. The van der Waals surface area contributed by atoms with E-state index >= 15 is 0 Å². The fourth-order valence-electron chi connectivity index (χ4n) is 1.08. The summed E-state index contributed by atoms with van der Waals surface area (Å²) in [5.41, 5.74) is 0.254. The van der Waals surface area contributed by atoms with Crippen molar-refractivity contribution in [3.63, 3.8) is 0 Å². The van der Waals surface area contributed by atoms with Gasteiger partial charge in [0.1, 0.15) is 0 Å². The highest BCUT2D eigenvalue weighted by Crippen LogP contribution is 2.16. The zero-order chi connectivity index (χ0) is 12.1. The minimum absolute atomic E-state index is 0.0313. The molecule has 0 aliphatic rings. The van der Waals surface area contributed by atoms with Crippen LogP contribution < -0.4 is 5.32 Å². The van der Waals surface area contributed by atoms with Crippen LogP contribution in [0.2, 0.25) is 5.22 Å². The molecule has 5 nitrogen and oxygen atoms in total. The van der Waals surface area contributed by atoms with Crippen molar-refractivity contribution >= 4 is 23.5 Å². The number of carbonyl (C=O) groups is 2. The molecule has 0 aliphatic carbocycles. The van der Waals surface area contributed by atoms with Crippen LogP contribution in [0.1, 0.15) is 23.7 Å². The number of carboxylic acid groups (broad SMARTS) is 1. The lowest BCUT2D eigenvalue weighted by Gasteiger charge is -2.06. The van der Waals surface area contributed by atoms with Gasteiger partial charge >= 0.3 is 5.97 Å². The lowest BCUT2D eigenvalue weighted by atomic mass is 10.1. The molecule has 0 aliphatic heterocycles. The second-order valence-electron chi connectivity index (χ2n) is 3.39. The third kappa shape index (κ3) is 3.27. The van der Waals surface area contributed by atoms with Gasteiger partial charge in [0.15, 0.2) is 0 Å². The van der Waals surface area contributed by atoms with E-state index in [4.69, 9.17) is 21.1 Å². The topological polar surface area (TPSA) is 79.5 Å². The predicted octanol–water partition coefficient (Wildman–Crippen LogP) is 1.77. The highest BCUT2D eigenvalue weighted by atomic mass is 35.5. The first-order valence-corrected chi connectivity index (χ1v) is 5.14. The van der Waals surface area contributed by atoms with Crippen LogP contribution in [0.15, 0.2) is 16.7 Å². The molecule has 2 N–H and O–H groups in total. The van der Waals surface area contributed by atoms with Gasteiger partial charge in [-0.05, 0) is 24.1 Å². The van der Waals surface area contributed by atoms with E-state index in [-0.39, 0.29) is 23.2 Å². The summed E-state index contributed by atoms with van der Waals surface area (Å²) in [5.74, 6) is -1.73. The van der Waals surface area contributed by atoms with Crippen molar-refractivity contribution in [1.29, 1.82) is 0 Å². The zero-order valence-electron chi connectivity index (χ0n) is 8.70. The predicted molar refractivity (Wildman–Crippen MR) is 57.5 cm³/mol. The first kappa shape index (κ1) is 12.6. The van der Waals surface area contributed by atoms with E-state index in [1.807, 2.05) is 0 Å². The first-order chi connectivity index (χ1) is 7.52. The molecule has 0 bridgehead atoms. The Labute approximate surface area is 97.4 Å². The molecule has 1 atom stereocenters. The molecule has 1 aromatic heterocycles. The van der Waals surface area contributed by atoms with Crippen molar-refractivity contribution in [2.75, 3.05) is 6.54 Å². The second-order valence-corrected chi connectivity index (χ2v) is 3.74. The lowest BCUT2D eigenvalue weighted by molar-refractivity contribution is -0.141. The van der Waals surface area contributed by atoms with E-state index in [0.717, 1.165) is 0 Å². The molecule has 0 saturated heterocycles. The van der Waals surface area contributed by atoms with Crippen molar-refractivity contribution in [2.45, 2.75) is 13.3 Å². The van der Waals surface area contributed by atoms with Gasteiger partial charge in [-0.15, -0.1) is 0 Å². The number of hydrogen-bond donors (Lipinski definition) is 2. The van der Waals surface area contributed by atoms with E-state index in [0.29, 0.717) is 6.42 Å². The van der Waals surface area contributed by atoms with Gasteiger partial charge in [-0.1, -0.05) is 6.92 Å². The Morgan fingerprint density at radius 1 is 1.62 bits per heavy atom. The molecule has 0 aromatic carbocycles. The smallest absolute Gasteiger partial charge is 0.306 e. The molecule has 0 fully saturated rings. The summed E-state index contributed by atoms with van der Waals surface area (Å²) in [4.78, 5) is 22.0. The summed E-state index contributed by atoms with van der Waals surface area (Å²) in [5, 5.41) is 11.2. The summed E-state index contributed by atoms with van der Waals surface area (Å²) in [7, 11) is 0. The maximum atomic E-state index is 11.5. The minimum atomic E-state index is -0.879. The molecule has 1 heterocycles. The Bertz CT molecular complexity index is 388. The molecular weight excluding hydrogens is 234 g/mol. The van der Waals surface area contributed by atoms with Crippen LogP contribution >= 0.6 is 11.6 Å². The van der Waals surface area contributed by atoms with Crippen molar-refractivity contribution in [1.82, 2.24) is 5.32 Å². The molecule has 88 valence electrons. The average molecular weight is 246 g/mol. The zero-order valence-corrected chi connectivity index (χ0v) is 9.45. The summed E-state index contributed by atoms with van der Waals surface area (Å²) in [6.45, 7) is 1.87. The Morgan fingerprint density at radius 2 is 2.31 bits per heavy atom. The normalized spacial score (nSPS) is 12.1. The number of rotatable bonds is 5. The highest BCUT2D eigenvalue weighted by Gasteiger charge is 2.14. The number of nitrogens with one attached hydrogen (secondary N) is 1. The molecule has 1 rings (SSSR count). The maximum absolute atomic E-state index is 11.5. The van der Waals surface area contributed by atoms with Gasteiger partial charge in [0.05, 0.1) is 17.7 Å². The fourth-order valence-corrected chi connectivity index (χ4v) is 1.28. The molecule has 1 amide bonds. The molecule has 1 aromatic rings. The first-order valence-electron chi connectivity index (χ1n) is 4.76. The van der Waals surface area contributed by atoms with Crippen molar-refractivity contribution in [3.05, 3.63) is 23.1 Å². The molecule has 1 unspecified atom stereocenters. The summed E-state index contributed by atoms with van der Waals surface area (Å²) in [6, 6.07) is 1.46. The third-order valence-electron chi connectivity index (χ3n) is 2.15. The molecule has 0 spiro atoms.